The van der Waals surface area contributed by atoms with E-state index in [1.165, 1.54) is 0 Å². The molecule has 0 aromatic carbocycles. The predicted molar refractivity (Wildman–Crippen MR) is 18.6 cm³/mol. The predicted octanol–water partition coefficient (Wildman–Crippen LogP) is -0.142. The molecular formula is C3H6NO. The van der Waals surface area contributed by atoms with Gasteiger partial charge in [-0.15, -0.1) is 0 Å². The first-order chi connectivity index (χ1) is 2.41. The minimum atomic E-state index is 0.226. The van der Waals surface area contributed by atoms with E-state index < -0.39 is 0 Å². The Morgan fingerprint density at radius 3 is 2.40 bits per heavy atom. The minimum Gasteiger partial charge on any atom is -0.303 e. The third-order valence-electron chi connectivity index (χ3n) is 0.262. The van der Waals surface area contributed by atoms with Gasteiger partial charge in [0.1, 0.15) is 6.29 Å². The van der Waals surface area contributed by atoms with Crippen molar-refractivity contribution in [3.8, 4) is 0 Å². The highest BCUT2D eigenvalue weighted by molar-refractivity contribution is 5.49. The summed E-state index contributed by atoms with van der Waals surface area (Å²) in [6.45, 7) is 0.226. The van der Waals surface area contributed by atoms with Crippen molar-refractivity contribution in [1.29, 1.82) is 0 Å². The van der Waals surface area contributed by atoms with Gasteiger partial charge >= 0.3 is 0 Å². The summed E-state index contributed by atoms with van der Waals surface area (Å²) in [5, 5.41) is 0. The molecule has 0 rings (SSSR count). The molecule has 0 aromatic rings. The van der Waals surface area contributed by atoms with Crippen LogP contribution in [0.3, 0.4) is 0 Å². The molecule has 0 heterocycles. The van der Waals surface area contributed by atoms with Gasteiger partial charge in [0.15, 0.2) is 0 Å². The van der Waals surface area contributed by atoms with Crippen LogP contribution >= 0.6 is 0 Å². The summed E-state index contributed by atoms with van der Waals surface area (Å²) in [6, 6.07) is 0. The highest BCUT2D eigenvalue weighted by atomic mass is 16.1. The fourth-order valence-electron chi connectivity index (χ4n) is 0.0589. The molecule has 0 aliphatic heterocycles. The Hall–Kier alpha value is -0.370. The molecule has 0 unspecified atom stereocenters. The van der Waals surface area contributed by atoms with Crippen LogP contribution < -0.4 is 5.73 Å². The molecule has 0 spiro atoms. The van der Waals surface area contributed by atoms with E-state index in [4.69, 9.17) is 5.73 Å². The molecule has 1 radical (unpaired) electrons. The molecule has 0 aliphatic rings. The maximum Gasteiger partial charge on any atom is 0.121 e. The topological polar surface area (TPSA) is 40.9 Å². The van der Waals surface area contributed by atoms with Crippen molar-refractivity contribution >= 4 is 6.29 Å². The Morgan fingerprint density at radius 1 is 1.80 bits per heavy atom. The second-order valence-corrected chi connectivity index (χ2v) is 0.705. The van der Waals surface area contributed by atoms with Gasteiger partial charge in [0.25, 0.3) is 0 Å². The zero-order chi connectivity index (χ0) is 4.12. The quantitative estimate of drug-likeness (QED) is 0.418. The van der Waals surface area contributed by atoms with Gasteiger partial charge in [-0.1, -0.05) is 0 Å². The number of nitrogens with one attached hydrogen (secondary N) is 1. The molecule has 0 fully saturated rings. The van der Waals surface area contributed by atoms with E-state index >= 15 is 0 Å². The maximum atomic E-state index is 9.28. The van der Waals surface area contributed by atoms with Gasteiger partial charge in [-0.3, -0.25) is 5.73 Å². The van der Waals surface area contributed by atoms with Gasteiger partial charge < -0.3 is 4.79 Å². The van der Waals surface area contributed by atoms with Crippen LogP contribution in [0.5, 0.6) is 0 Å². The van der Waals surface area contributed by atoms with E-state index in [1.54, 1.807) is 0 Å². The van der Waals surface area contributed by atoms with Gasteiger partial charge in [-0.25, -0.2) is 0 Å². The van der Waals surface area contributed by atoms with Gasteiger partial charge in [-0.05, 0) is 0 Å². The number of hydrogen-bond donors (Lipinski definition) is 0. The van der Waals surface area contributed by atoms with Gasteiger partial charge in [0.05, 0.1) is 0 Å². The third-order valence-corrected chi connectivity index (χ3v) is 0.262. The Labute approximate surface area is 31.0 Å². The molecule has 29 valence electrons. The Morgan fingerprint density at radius 2 is 2.40 bits per heavy atom. The number of aldehydes is 1. The van der Waals surface area contributed by atoms with Gasteiger partial charge in [-0.2, -0.15) is 0 Å². The van der Waals surface area contributed by atoms with Crippen molar-refractivity contribution in [2.45, 2.75) is 6.42 Å². The Balaban J connectivity index is 2.40. The molecule has 0 saturated heterocycles. The largest absolute Gasteiger partial charge is 0.303 e. The SMILES string of the molecule is [NH]CCC=O. The van der Waals surface area contributed by atoms with E-state index in [2.05, 4.69) is 0 Å². The zero-order valence-electron chi connectivity index (χ0n) is 2.90. The van der Waals surface area contributed by atoms with E-state index in [9.17, 15) is 4.79 Å². The van der Waals surface area contributed by atoms with Crippen molar-refractivity contribution in [2.75, 3.05) is 6.54 Å². The van der Waals surface area contributed by atoms with Crippen LogP contribution in [0.15, 0.2) is 0 Å². The number of rotatable bonds is 2. The zero-order valence-corrected chi connectivity index (χ0v) is 2.90. The summed E-state index contributed by atoms with van der Waals surface area (Å²) in [4.78, 5) is 9.28. The molecule has 2 nitrogen and oxygen atoms in total. The van der Waals surface area contributed by atoms with E-state index in [0.29, 0.717) is 6.42 Å². The molecule has 0 aromatic heterocycles. The van der Waals surface area contributed by atoms with E-state index in [-0.39, 0.29) is 6.54 Å². The van der Waals surface area contributed by atoms with Crippen molar-refractivity contribution in [3.63, 3.8) is 0 Å². The monoisotopic (exact) mass is 72.0 g/mol. The second-order valence-electron chi connectivity index (χ2n) is 0.705. The van der Waals surface area contributed by atoms with Gasteiger partial charge in [0.2, 0.25) is 0 Å². The standard InChI is InChI=1S/C3H6NO/c4-2-1-3-5/h3-4H,1-2H2. The summed E-state index contributed by atoms with van der Waals surface area (Å²) < 4.78 is 0. The molecule has 2 heteroatoms. The lowest BCUT2D eigenvalue weighted by molar-refractivity contribution is -0.107. The molecule has 0 saturated carbocycles. The summed E-state index contributed by atoms with van der Waals surface area (Å²) in [6.07, 6.45) is 1.12. The fraction of sp³-hybridized carbons (Fsp3) is 0.667. The highest BCUT2D eigenvalue weighted by Gasteiger charge is 1.67. The summed E-state index contributed by atoms with van der Waals surface area (Å²) in [5.41, 5.74) is 6.37. The van der Waals surface area contributed by atoms with Crippen molar-refractivity contribution < 1.29 is 4.79 Å². The molecule has 0 atom stereocenters. The Bertz CT molecular complexity index is 28.1. The van der Waals surface area contributed by atoms with Crippen molar-refractivity contribution in [1.82, 2.24) is 5.73 Å². The first-order valence-corrected chi connectivity index (χ1v) is 1.50. The average molecular weight is 72.1 g/mol. The van der Waals surface area contributed by atoms with Crippen LogP contribution in [0.1, 0.15) is 6.42 Å². The number of carbonyl (C=O) groups is 1. The summed E-state index contributed by atoms with van der Waals surface area (Å²) >= 11 is 0. The smallest absolute Gasteiger partial charge is 0.121 e. The number of hydrogen-bond acceptors (Lipinski definition) is 1. The van der Waals surface area contributed by atoms with Crippen LogP contribution in [0.2, 0.25) is 0 Å². The highest BCUT2D eigenvalue weighted by Crippen LogP contribution is 1.57. The van der Waals surface area contributed by atoms with E-state index in [1.807, 2.05) is 0 Å². The van der Waals surface area contributed by atoms with Gasteiger partial charge in [0, 0.05) is 13.0 Å². The molecule has 5 heavy (non-hydrogen) atoms. The van der Waals surface area contributed by atoms with Crippen LogP contribution in [0.25, 0.3) is 0 Å². The molecule has 1 N–H and O–H groups in total. The first-order valence-electron chi connectivity index (χ1n) is 1.50. The molecule has 0 bridgehead atoms. The first kappa shape index (κ1) is 4.63. The second kappa shape index (κ2) is 3.63. The van der Waals surface area contributed by atoms with E-state index in [0.717, 1.165) is 6.29 Å². The van der Waals surface area contributed by atoms with Crippen LogP contribution in [0.4, 0.5) is 0 Å². The minimum absolute atomic E-state index is 0.226. The normalized spacial score (nSPS) is 7.40. The van der Waals surface area contributed by atoms with Crippen LogP contribution in [0, 0.1) is 0 Å². The molecule has 0 aliphatic carbocycles. The summed E-state index contributed by atoms with van der Waals surface area (Å²) in [7, 11) is 0. The lowest BCUT2D eigenvalue weighted by Gasteiger charge is -1.68. The maximum absolute atomic E-state index is 9.28. The lowest BCUT2D eigenvalue weighted by Crippen LogP contribution is -1.82. The lowest BCUT2D eigenvalue weighted by atomic mass is 10.5. The number of carbonyl (C=O) groups excluding carboxylic acids is 1. The third kappa shape index (κ3) is 3.63. The fourth-order valence-corrected chi connectivity index (χ4v) is 0.0589. The van der Waals surface area contributed by atoms with Crippen LogP contribution in [-0.4, -0.2) is 12.8 Å². The molecular weight excluding hydrogens is 66.0 g/mol. The summed E-state index contributed by atoms with van der Waals surface area (Å²) in [5.74, 6) is 0. The van der Waals surface area contributed by atoms with Crippen molar-refractivity contribution in [2.24, 2.45) is 0 Å². The van der Waals surface area contributed by atoms with Crippen LogP contribution in [-0.2, 0) is 4.79 Å². The van der Waals surface area contributed by atoms with Crippen molar-refractivity contribution in [3.05, 3.63) is 0 Å². The Kier molecular flexibility index (Phi) is 3.36. The average Bonchev–Trinajstić information content (AvgIpc) is 1.41. The molecule has 0 amide bonds.